The highest BCUT2D eigenvalue weighted by Gasteiger charge is 2.25. The fourth-order valence-electron chi connectivity index (χ4n) is 2.71. The Morgan fingerprint density at radius 1 is 1.10 bits per heavy atom. The molecule has 4 heteroatoms. The van der Waals surface area contributed by atoms with Crippen molar-refractivity contribution in [2.75, 3.05) is 14.2 Å². The summed E-state index contributed by atoms with van der Waals surface area (Å²) >= 11 is 6.26. The zero-order valence-electron chi connectivity index (χ0n) is 12.3. The van der Waals surface area contributed by atoms with Crippen LogP contribution in [0.15, 0.2) is 30.3 Å². The summed E-state index contributed by atoms with van der Waals surface area (Å²) in [7, 11) is 3.28. The summed E-state index contributed by atoms with van der Waals surface area (Å²) in [5, 5.41) is 0.708. The van der Waals surface area contributed by atoms with Gasteiger partial charge in [-0.15, -0.1) is 0 Å². The van der Waals surface area contributed by atoms with Crippen molar-refractivity contribution in [3.63, 3.8) is 0 Å². The molecule has 0 bridgehead atoms. The first kappa shape index (κ1) is 14.1. The monoisotopic (exact) mass is 304 g/mol. The second-order valence-electron chi connectivity index (χ2n) is 5.14. The van der Waals surface area contributed by atoms with Crippen LogP contribution in [0, 0.1) is 0 Å². The SMILES string of the molecule is COc1ccc(-c2cc(Cl)cc3c2OC(C)C3)c(OC)c1. The lowest BCUT2D eigenvalue weighted by atomic mass is 9.99. The van der Waals surface area contributed by atoms with Crippen LogP contribution in [-0.4, -0.2) is 20.3 Å². The molecule has 0 amide bonds. The molecule has 0 aromatic heterocycles. The summed E-state index contributed by atoms with van der Waals surface area (Å²) in [4.78, 5) is 0. The molecule has 1 aliphatic rings. The number of hydrogen-bond donors (Lipinski definition) is 0. The average molecular weight is 305 g/mol. The normalized spacial score (nSPS) is 16.3. The van der Waals surface area contributed by atoms with Gasteiger partial charge >= 0.3 is 0 Å². The molecule has 0 spiro atoms. The van der Waals surface area contributed by atoms with E-state index in [1.54, 1.807) is 14.2 Å². The van der Waals surface area contributed by atoms with E-state index in [9.17, 15) is 0 Å². The quantitative estimate of drug-likeness (QED) is 0.844. The summed E-state index contributed by atoms with van der Waals surface area (Å²) in [5.74, 6) is 2.39. The van der Waals surface area contributed by atoms with E-state index in [1.165, 1.54) is 0 Å². The average Bonchev–Trinajstić information content (AvgIpc) is 2.85. The maximum absolute atomic E-state index is 6.26. The molecule has 0 radical (unpaired) electrons. The molecule has 0 aliphatic carbocycles. The molecule has 3 nitrogen and oxygen atoms in total. The fourth-order valence-corrected chi connectivity index (χ4v) is 2.96. The lowest BCUT2D eigenvalue weighted by Gasteiger charge is -2.14. The minimum absolute atomic E-state index is 0.168. The van der Waals surface area contributed by atoms with Crippen LogP contribution in [0.5, 0.6) is 17.2 Å². The van der Waals surface area contributed by atoms with Gasteiger partial charge in [-0.3, -0.25) is 0 Å². The van der Waals surface area contributed by atoms with Crippen LogP contribution in [-0.2, 0) is 6.42 Å². The minimum Gasteiger partial charge on any atom is -0.497 e. The molecule has 110 valence electrons. The number of fused-ring (bicyclic) bond motifs is 1. The van der Waals surface area contributed by atoms with Gasteiger partial charge in [0, 0.05) is 28.6 Å². The maximum Gasteiger partial charge on any atom is 0.131 e. The molecule has 1 unspecified atom stereocenters. The molecule has 0 fully saturated rings. The number of hydrogen-bond acceptors (Lipinski definition) is 3. The zero-order valence-corrected chi connectivity index (χ0v) is 13.0. The standard InChI is InChI=1S/C17H17ClO3/c1-10-6-11-7-12(18)8-15(17(11)21-10)14-5-4-13(19-2)9-16(14)20-3/h4-5,7-10H,6H2,1-3H3. The van der Waals surface area contributed by atoms with Crippen LogP contribution in [0.25, 0.3) is 11.1 Å². The summed E-state index contributed by atoms with van der Waals surface area (Å²) in [6, 6.07) is 9.63. The summed E-state index contributed by atoms with van der Waals surface area (Å²) in [6.07, 6.45) is 1.04. The van der Waals surface area contributed by atoms with Gasteiger partial charge < -0.3 is 14.2 Å². The van der Waals surface area contributed by atoms with Crippen LogP contribution in [0.1, 0.15) is 12.5 Å². The number of ether oxygens (including phenoxy) is 3. The highest BCUT2D eigenvalue weighted by atomic mass is 35.5. The molecule has 0 saturated heterocycles. The van der Waals surface area contributed by atoms with Crippen molar-refractivity contribution in [2.45, 2.75) is 19.4 Å². The van der Waals surface area contributed by atoms with Gasteiger partial charge in [0.15, 0.2) is 0 Å². The highest BCUT2D eigenvalue weighted by Crippen LogP contribution is 2.44. The van der Waals surface area contributed by atoms with Crippen LogP contribution in [0.3, 0.4) is 0 Å². The Hall–Kier alpha value is -1.87. The summed E-state index contributed by atoms with van der Waals surface area (Å²) in [6.45, 7) is 2.06. The third-order valence-corrected chi connectivity index (χ3v) is 3.87. The van der Waals surface area contributed by atoms with E-state index in [1.807, 2.05) is 30.3 Å². The van der Waals surface area contributed by atoms with Crippen LogP contribution < -0.4 is 14.2 Å². The Balaban J connectivity index is 2.18. The van der Waals surface area contributed by atoms with Crippen LogP contribution in [0.2, 0.25) is 5.02 Å². The largest absolute Gasteiger partial charge is 0.497 e. The van der Waals surface area contributed by atoms with Gasteiger partial charge in [-0.1, -0.05) is 11.6 Å². The van der Waals surface area contributed by atoms with Gasteiger partial charge in [0.25, 0.3) is 0 Å². The third kappa shape index (κ3) is 2.54. The van der Waals surface area contributed by atoms with Gasteiger partial charge in [-0.05, 0) is 36.8 Å². The highest BCUT2D eigenvalue weighted by molar-refractivity contribution is 6.31. The van der Waals surface area contributed by atoms with Crippen molar-refractivity contribution in [3.8, 4) is 28.4 Å². The third-order valence-electron chi connectivity index (χ3n) is 3.66. The van der Waals surface area contributed by atoms with Gasteiger partial charge in [-0.25, -0.2) is 0 Å². The van der Waals surface area contributed by atoms with E-state index in [0.717, 1.165) is 40.4 Å². The maximum atomic E-state index is 6.26. The molecule has 2 aromatic rings. The molecular formula is C17H17ClO3. The van der Waals surface area contributed by atoms with E-state index in [0.29, 0.717) is 5.02 Å². The lowest BCUT2D eigenvalue weighted by molar-refractivity contribution is 0.255. The lowest BCUT2D eigenvalue weighted by Crippen LogP contribution is -2.05. The summed E-state index contributed by atoms with van der Waals surface area (Å²) in [5.41, 5.74) is 3.05. The van der Waals surface area contributed by atoms with Gasteiger partial charge in [0.2, 0.25) is 0 Å². The molecule has 3 rings (SSSR count). The number of rotatable bonds is 3. The Bertz CT molecular complexity index is 682. The van der Waals surface area contributed by atoms with Crippen molar-refractivity contribution in [1.82, 2.24) is 0 Å². The first-order valence-corrected chi connectivity index (χ1v) is 7.21. The molecule has 2 aromatic carbocycles. The van der Waals surface area contributed by atoms with E-state index >= 15 is 0 Å². The zero-order chi connectivity index (χ0) is 15.0. The predicted octanol–water partition coefficient (Wildman–Crippen LogP) is 4.35. The van der Waals surface area contributed by atoms with E-state index in [4.69, 9.17) is 25.8 Å². The van der Waals surface area contributed by atoms with Crippen molar-refractivity contribution in [3.05, 3.63) is 40.9 Å². The molecule has 0 saturated carbocycles. The molecule has 0 N–H and O–H groups in total. The molecule has 1 atom stereocenters. The van der Waals surface area contributed by atoms with Crippen molar-refractivity contribution in [2.24, 2.45) is 0 Å². The molecule has 21 heavy (non-hydrogen) atoms. The van der Waals surface area contributed by atoms with E-state index in [2.05, 4.69) is 6.92 Å². The Morgan fingerprint density at radius 3 is 2.62 bits per heavy atom. The van der Waals surface area contributed by atoms with Crippen LogP contribution in [0.4, 0.5) is 0 Å². The smallest absolute Gasteiger partial charge is 0.131 e. The van der Waals surface area contributed by atoms with Gasteiger partial charge in [0.1, 0.15) is 23.4 Å². The molecule has 1 aliphatic heterocycles. The predicted molar refractivity (Wildman–Crippen MR) is 83.8 cm³/mol. The fraction of sp³-hybridized carbons (Fsp3) is 0.294. The first-order valence-electron chi connectivity index (χ1n) is 6.84. The Labute approximate surface area is 129 Å². The second-order valence-corrected chi connectivity index (χ2v) is 5.58. The van der Waals surface area contributed by atoms with Crippen molar-refractivity contribution < 1.29 is 14.2 Å². The second kappa shape index (κ2) is 5.49. The molecular weight excluding hydrogens is 288 g/mol. The topological polar surface area (TPSA) is 27.7 Å². The Kier molecular flexibility index (Phi) is 3.68. The Morgan fingerprint density at radius 2 is 1.90 bits per heavy atom. The first-order chi connectivity index (χ1) is 10.1. The van der Waals surface area contributed by atoms with Gasteiger partial charge in [0.05, 0.1) is 14.2 Å². The van der Waals surface area contributed by atoms with E-state index < -0.39 is 0 Å². The van der Waals surface area contributed by atoms with Crippen molar-refractivity contribution >= 4 is 11.6 Å². The van der Waals surface area contributed by atoms with Crippen LogP contribution >= 0.6 is 11.6 Å². The van der Waals surface area contributed by atoms with Gasteiger partial charge in [-0.2, -0.15) is 0 Å². The van der Waals surface area contributed by atoms with Crippen molar-refractivity contribution in [1.29, 1.82) is 0 Å². The number of benzene rings is 2. The molecule has 1 heterocycles. The van der Waals surface area contributed by atoms with E-state index in [-0.39, 0.29) is 6.10 Å². The number of methoxy groups -OCH3 is 2. The minimum atomic E-state index is 0.168. The summed E-state index contributed by atoms with van der Waals surface area (Å²) < 4.78 is 16.7. The number of halogens is 1.